The minimum Gasteiger partial charge on any atom is -0.369 e. The molecular weight excluding hydrogens is 200 g/mol. The topological polar surface area (TPSA) is 107 Å². The smallest absolute Gasteiger partial charge is 0.272 e. The van der Waals surface area contributed by atoms with Gasteiger partial charge in [0.25, 0.3) is 5.95 Å². The Balaban J connectivity index is 2.18. The highest BCUT2D eigenvalue weighted by Gasteiger charge is 2.35. The molecule has 2 rings (SSSR count). The molecule has 8 heteroatoms. The fraction of sp³-hybridized carbons (Fsp3) is 0.571. The van der Waals surface area contributed by atoms with Crippen molar-refractivity contribution in [3.05, 3.63) is 0 Å². The number of aryl methyl sites for hydroxylation is 1. The van der Waals surface area contributed by atoms with Crippen molar-refractivity contribution in [2.75, 3.05) is 11.4 Å². The van der Waals surface area contributed by atoms with Gasteiger partial charge < -0.3 is 5.73 Å². The largest absolute Gasteiger partial charge is 0.369 e. The monoisotopic (exact) mass is 210 g/mol. The van der Waals surface area contributed by atoms with Crippen molar-refractivity contribution in [1.29, 1.82) is 0 Å². The zero-order valence-electron chi connectivity index (χ0n) is 8.12. The number of nitrogens with two attached hydrogens (primary N) is 1. The summed E-state index contributed by atoms with van der Waals surface area (Å²) in [5, 5.41) is 11.2. The van der Waals surface area contributed by atoms with E-state index in [1.807, 2.05) is 0 Å². The van der Waals surface area contributed by atoms with Crippen LogP contribution in [0, 0.1) is 5.92 Å². The molecule has 1 atom stereocenters. The maximum absolute atomic E-state index is 11.5. The third kappa shape index (κ3) is 1.65. The van der Waals surface area contributed by atoms with Crippen LogP contribution in [0.3, 0.4) is 0 Å². The summed E-state index contributed by atoms with van der Waals surface area (Å²) in [5.41, 5.74) is 5.13. The van der Waals surface area contributed by atoms with Crippen LogP contribution in [0.15, 0.2) is 0 Å². The van der Waals surface area contributed by atoms with E-state index in [-0.39, 0.29) is 24.8 Å². The Hall–Kier alpha value is -1.99. The first-order valence-corrected chi connectivity index (χ1v) is 4.41. The van der Waals surface area contributed by atoms with Crippen LogP contribution < -0.4 is 10.6 Å². The molecule has 1 aromatic heterocycles. The van der Waals surface area contributed by atoms with E-state index in [1.165, 1.54) is 9.70 Å². The number of hydrogen-bond donors (Lipinski definition) is 1. The van der Waals surface area contributed by atoms with Gasteiger partial charge in [0.05, 0.1) is 13.0 Å². The van der Waals surface area contributed by atoms with Gasteiger partial charge in [-0.15, -0.1) is 5.10 Å². The molecule has 0 radical (unpaired) electrons. The summed E-state index contributed by atoms with van der Waals surface area (Å²) in [6.45, 7) is 0.236. The Bertz CT molecular complexity index is 413. The predicted molar refractivity (Wildman–Crippen MR) is 48.5 cm³/mol. The number of carbonyl (C=O) groups is 2. The highest BCUT2D eigenvalue weighted by molar-refractivity contribution is 5.98. The highest BCUT2D eigenvalue weighted by atomic mass is 16.2. The Labute approximate surface area is 85.0 Å². The van der Waals surface area contributed by atoms with Crippen molar-refractivity contribution >= 4 is 17.8 Å². The van der Waals surface area contributed by atoms with E-state index in [9.17, 15) is 9.59 Å². The molecule has 1 fully saturated rings. The van der Waals surface area contributed by atoms with Crippen LogP contribution in [0.5, 0.6) is 0 Å². The molecule has 2 amide bonds. The molecule has 0 aliphatic carbocycles. The second kappa shape index (κ2) is 3.30. The number of nitrogens with zero attached hydrogens (tertiary/aromatic N) is 5. The van der Waals surface area contributed by atoms with Gasteiger partial charge in [0.2, 0.25) is 11.8 Å². The third-order valence-corrected chi connectivity index (χ3v) is 2.27. The van der Waals surface area contributed by atoms with Gasteiger partial charge >= 0.3 is 0 Å². The molecule has 1 aliphatic rings. The standard InChI is InChI=1S/C7H10N6O2/c1-12-10-7(9-11-12)13-3-4(6(8)15)2-5(13)14/h4H,2-3H2,1H3,(H2,8,15). The minimum absolute atomic E-state index is 0.119. The van der Waals surface area contributed by atoms with Gasteiger partial charge in [-0.05, 0) is 5.21 Å². The van der Waals surface area contributed by atoms with Crippen LogP contribution in [0.2, 0.25) is 0 Å². The number of primary amides is 1. The number of tetrazole rings is 1. The van der Waals surface area contributed by atoms with Gasteiger partial charge in [-0.25, -0.2) is 0 Å². The van der Waals surface area contributed by atoms with Crippen molar-refractivity contribution in [2.24, 2.45) is 18.7 Å². The first-order chi connectivity index (χ1) is 7.08. The van der Waals surface area contributed by atoms with Gasteiger partial charge in [-0.3, -0.25) is 14.5 Å². The average Bonchev–Trinajstić information content (AvgIpc) is 2.71. The quantitative estimate of drug-likeness (QED) is 0.610. The molecule has 2 N–H and O–H groups in total. The molecule has 80 valence electrons. The minimum atomic E-state index is -0.477. The van der Waals surface area contributed by atoms with E-state index in [0.29, 0.717) is 0 Å². The van der Waals surface area contributed by atoms with Crippen LogP contribution in [-0.2, 0) is 16.6 Å². The summed E-state index contributed by atoms with van der Waals surface area (Å²) in [5.74, 6) is -0.922. The summed E-state index contributed by atoms with van der Waals surface area (Å²) in [6.07, 6.45) is 0.119. The van der Waals surface area contributed by atoms with Crippen LogP contribution in [0.1, 0.15) is 6.42 Å². The Morgan fingerprint density at radius 1 is 1.60 bits per heavy atom. The molecule has 0 saturated carbocycles. The first kappa shape index (κ1) is 9.56. The average molecular weight is 210 g/mol. The summed E-state index contributed by atoms with van der Waals surface area (Å²) < 4.78 is 0. The van der Waals surface area contributed by atoms with E-state index in [0.717, 1.165) is 0 Å². The van der Waals surface area contributed by atoms with Crippen LogP contribution in [0.25, 0.3) is 0 Å². The predicted octanol–water partition coefficient (Wildman–Crippen LogP) is -1.95. The Morgan fingerprint density at radius 2 is 2.33 bits per heavy atom. The van der Waals surface area contributed by atoms with Crippen molar-refractivity contribution in [2.45, 2.75) is 6.42 Å². The van der Waals surface area contributed by atoms with Crippen molar-refractivity contribution in [3.63, 3.8) is 0 Å². The highest BCUT2D eigenvalue weighted by Crippen LogP contribution is 2.20. The maximum atomic E-state index is 11.5. The lowest BCUT2D eigenvalue weighted by Crippen LogP contribution is -2.29. The maximum Gasteiger partial charge on any atom is 0.272 e. The van der Waals surface area contributed by atoms with Crippen LogP contribution in [-0.4, -0.2) is 38.6 Å². The fourth-order valence-corrected chi connectivity index (χ4v) is 1.47. The van der Waals surface area contributed by atoms with Crippen molar-refractivity contribution < 1.29 is 9.59 Å². The summed E-state index contributed by atoms with van der Waals surface area (Å²) in [6, 6.07) is 0. The summed E-state index contributed by atoms with van der Waals surface area (Å²) in [4.78, 5) is 25.0. The molecular formula is C7H10N6O2. The van der Waals surface area contributed by atoms with Gasteiger partial charge in [0, 0.05) is 13.0 Å². The van der Waals surface area contributed by atoms with Crippen molar-refractivity contribution in [3.8, 4) is 0 Å². The van der Waals surface area contributed by atoms with E-state index in [1.54, 1.807) is 7.05 Å². The zero-order chi connectivity index (χ0) is 11.0. The summed E-state index contributed by atoms with van der Waals surface area (Å²) >= 11 is 0. The first-order valence-electron chi connectivity index (χ1n) is 4.41. The third-order valence-electron chi connectivity index (χ3n) is 2.27. The molecule has 1 unspecified atom stereocenters. The second-order valence-corrected chi connectivity index (χ2v) is 3.39. The number of carbonyl (C=O) groups excluding carboxylic acids is 2. The molecule has 2 heterocycles. The normalized spacial score (nSPS) is 21.0. The van der Waals surface area contributed by atoms with E-state index in [4.69, 9.17) is 5.73 Å². The lowest BCUT2D eigenvalue weighted by atomic mass is 10.1. The number of aromatic nitrogens is 4. The van der Waals surface area contributed by atoms with E-state index < -0.39 is 11.8 Å². The fourth-order valence-electron chi connectivity index (χ4n) is 1.47. The molecule has 1 aromatic rings. The second-order valence-electron chi connectivity index (χ2n) is 3.39. The molecule has 1 saturated heterocycles. The SMILES string of the molecule is Cn1nnc(N2CC(C(N)=O)CC2=O)n1. The van der Waals surface area contributed by atoms with Crippen LogP contribution in [0.4, 0.5) is 5.95 Å². The van der Waals surface area contributed by atoms with Gasteiger partial charge in [-0.1, -0.05) is 5.10 Å². The number of hydrogen-bond acceptors (Lipinski definition) is 5. The lowest BCUT2D eigenvalue weighted by Gasteiger charge is -2.09. The van der Waals surface area contributed by atoms with E-state index in [2.05, 4.69) is 15.4 Å². The Kier molecular flexibility index (Phi) is 2.10. The van der Waals surface area contributed by atoms with Gasteiger partial charge in [-0.2, -0.15) is 4.80 Å². The van der Waals surface area contributed by atoms with Crippen LogP contribution >= 0.6 is 0 Å². The van der Waals surface area contributed by atoms with E-state index >= 15 is 0 Å². The van der Waals surface area contributed by atoms with Gasteiger partial charge in [0.15, 0.2) is 0 Å². The zero-order valence-corrected chi connectivity index (χ0v) is 8.12. The molecule has 15 heavy (non-hydrogen) atoms. The molecule has 1 aliphatic heterocycles. The molecule has 0 aromatic carbocycles. The summed E-state index contributed by atoms with van der Waals surface area (Å²) in [7, 11) is 1.60. The lowest BCUT2D eigenvalue weighted by molar-refractivity contribution is -0.123. The molecule has 0 bridgehead atoms. The van der Waals surface area contributed by atoms with Crippen molar-refractivity contribution in [1.82, 2.24) is 20.2 Å². The number of anilines is 1. The number of amides is 2. The molecule has 8 nitrogen and oxygen atoms in total. The van der Waals surface area contributed by atoms with Gasteiger partial charge in [0.1, 0.15) is 0 Å². The Morgan fingerprint density at radius 3 is 2.80 bits per heavy atom. The molecule has 0 spiro atoms. The number of rotatable bonds is 2.